The van der Waals surface area contributed by atoms with E-state index in [1.807, 2.05) is 55.5 Å². The zero-order valence-corrected chi connectivity index (χ0v) is 23.4. The van der Waals surface area contributed by atoms with Crippen molar-refractivity contribution in [2.45, 2.75) is 49.6 Å². The predicted octanol–water partition coefficient (Wildman–Crippen LogP) is 5.77. The smallest absolute Gasteiger partial charge is 0.263 e. The zero-order valence-electron chi connectivity index (χ0n) is 21.8. The van der Waals surface area contributed by atoms with Crippen LogP contribution in [0, 0.1) is 6.92 Å². The quantitative estimate of drug-likeness (QED) is 0.211. The molecular formula is C29H31N3O4S2. The number of thiophene rings is 1. The fourth-order valence-corrected chi connectivity index (χ4v) is 7.24. The largest absolute Gasteiger partial charge is 0.495 e. The summed E-state index contributed by atoms with van der Waals surface area (Å²) in [4.78, 5) is 34.6. The number of hydrogen-bond acceptors (Lipinski definition) is 7. The number of rotatable bonds is 9. The molecule has 0 saturated carbocycles. The van der Waals surface area contributed by atoms with Gasteiger partial charge in [-0.2, -0.15) is 0 Å². The molecule has 1 N–H and O–H groups in total. The van der Waals surface area contributed by atoms with Crippen molar-refractivity contribution in [3.05, 3.63) is 80.5 Å². The van der Waals surface area contributed by atoms with Gasteiger partial charge in [-0.25, -0.2) is 4.98 Å². The van der Waals surface area contributed by atoms with Crippen LogP contribution in [0.1, 0.15) is 39.7 Å². The molecule has 2 aromatic heterocycles. The molecule has 0 unspecified atom stereocenters. The van der Waals surface area contributed by atoms with E-state index in [1.54, 1.807) is 30.1 Å². The minimum absolute atomic E-state index is 0.0541. The van der Waals surface area contributed by atoms with E-state index in [0.717, 1.165) is 52.6 Å². The van der Waals surface area contributed by atoms with E-state index in [2.05, 4.69) is 5.32 Å². The highest BCUT2D eigenvalue weighted by Crippen LogP contribution is 2.39. The molecule has 0 aliphatic heterocycles. The number of carbonyl (C=O) groups excluding carboxylic acids is 1. The maximum Gasteiger partial charge on any atom is 0.263 e. The average molecular weight is 550 g/mol. The molecule has 1 amide bonds. The summed E-state index contributed by atoms with van der Waals surface area (Å²) in [7, 11) is 3.20. The van der Waals surface area contributed by atoms with Crippen LogP contribution >= 0.6 is 23.1 Å². The van der Waals surface area contributed by atoms with Crippen molar-refractivity contribution in [1.29, 1.82) is 0 Å². The second-order valence-electron chi connectivity index (χ2n) is 9.34. The Morgan fingerprint density at radius 2 is 1.95 bits per heavy atom. The first-order chi connectivity index (χ1) is 18.5. The van der Waals surface area contributed by atoms with Crippen molar-refractivity contribution >= 4 is 44.9 Å². The molecule has 2 aromatic carbocycles. The van der Waals surface area contributed by atoms with Gasteiger partial charge in [-0.15, -0.1) is 11.3 Å². The SMILES string of the molecule is COCCn1c(S[C@H](C(=O)Nc2cc(C)ccc2OC)c2ccccc2)nc2sc3c(c2c1=O)CCCC3. The molecule has 1 atom stereocenters. The summed E-state index contributed by atoms with van der Waals surface area (Å²) in [6, 6.07) is 15.2. The Morgan fingerprint density at radius 1 is 1.16 bits per heavy atom. The molecule has 1 aliphatic carbocycles. The minimum atomic E-state index is -0.644. The Hall–Kier alpha value is -3.14. The zero-order chi connectivity index (χ0) is 26.6. The van der Waals surface area contributed by atoms with Gasteiger partial charge in [-0.1, -0.05) is 48.2 Å². The lowest BCUT2D eigenvalue weighted by Gasteiger charge is -2.20. The second-order valence-corrected chi connectivity index (χ2v) is 11.5. The van der Waals surface area contributed by atoms with Gasteiger partial charge in [0, 0.05) is 12.0 Å². The molecule has 0 spiro atoms. The highest BCUT2D eigenvalue weighted by atomic mass is 32.2. The third-order valence-electron chi connectivity index (χ3n) is 6.74. The first-order valence-electron chi connectivity index (χ1n) is 12.7. The molecule has 0 saturated heterocycles. The normalized spacial score (nSPS) is 13.8. The number of anilines is 1. The summed E-state index contributed by atoms with van der Waals surface area (Å²) in [5, 5.41) is 3.65. The standard InChI is InChI=1S/C29H31N3O4S2/c1-18-13-14-22(36-3)21(17-18)30-26(33)25(19-9-5-4-6-10-19)38-29-31-27-24(28(34)32(29)15-16-35-2)20-11-7-8-12-23(20)37-27/h4-6,9-10,13-14,17,25H,7-8,11-12,15-16H2,1-3H3,(H,30,33)/t25-/m0/s1. The third-order valence-corrected chi connectivity index (χ3v) is 9.17. The van der Waals surface area contributed by atoms with Crippen LogP contribution in [0.15, 0.2) is 58.5 Å². The van der Waals surface area contributed by atoms with Crippen molar-refractivity contribution in [2.24, 2.45) is 0 Å². The van der Waals surface area contributed by atoms with Gasteiger partial charge in [0.15, 0.2) is 5.16 Å². The summed E-state index contributed by atoms with van der Waals surface area (Å²) in [6.07, 6.45) is 4.13. The number of fused-ring (bicyclic) bond motifs is 3. The van der Waals surface area contributed by atoms with Gasteiger partial charge >= 0.3 is 0 Å². The Labute approximate surface area is 230 Å². The average Bonchev–Trinajstić information content (AvgIpc) is 3.30. The van der Waals surface area contributed by atoms with E-state index < -0.39 is 5.25 Å². The van der Waals surface area contributed by atoms with Crippen LogP contribution in [-0.4, -0.2) is 36.3 Å². The second kappa shape index (κ2) is 11.7. The number of thioether (sulfide) groups is 1. The molecule has 4 aromatic rings. The van der Waals surface area contributed by atoms with E-state index in [9.17, 15) is 9.59 Å². The molecule has 1 aliphatic rings. The lowest BCUT2D eigenvalue weighted by atomic mass is 9.97. The molecule has 198 valence electrons. The van der Waals surface area contributed by atoms with E-state index in [-0.39, 0.29) is 11.5 Å². The van der Waals surface area contributed by atoms with Crippen molar-refractivity contribution in [3.8, 4) is 5.75 Å². The van der Waals surface area contributed by atoms with Crippen molar-refractivity contribution in [3.63, 3.8) is 0 Å². The van der Waals surface area contributed by atoms with E-state index in [4.69, 9.17) is 14.5 Å². The third kappa shape index (κ3) is 5.36. The molecule has 9 heteroatoms. The number of aromatic nitrogens is 2. The van der Waals surface area contributed by atoms with Gasteiger partial charge in [0.05, 0.1) is 31.3 Å². The van der Waals surface area contributed by atoms with Crippen molar-refractivity contribution < 1.29 is 14.3 Å². The summed E-state index contributed by atoms with van der Waals surface area (Å²) in [5.74, 6) is 0.365. The topological polar surface area (TPSA) is 82.4 Å². The van der Waals surface area contributed by atoms with Crippen LogP contribution in [0.25, 0.3) is 10.2 Å². The molecule has 0 bridgehead atoms. The van der Waals surface area contributed by atoms with Crippen LogP contribution in [0.5, 0.6) is 5.75 Å². The van der Waals surface area contributed by atoms with Crippen LogP contribution in [0.4, 0.5) is 5.69 Å². The summed E-state index contributed by atoms with van der Waals surface area (Å²) < 4.78 is 12.5. The molecular weight excluding hydrogens is 518 g/mol. The number of methoxy groups -OCH3 is 2. The number of amides is 1. The summed E-state index contributed by atoms with van der Waals surface area (Å²) >= 11 is 2.90. The Bertz CT molecular complexity index is 1510. The van der Waals surface area contributed by atoms with Gasteiger partial charge in [0.25, 0.3) is 5.56 Å². The number of nitrogens with zero attached hydrogens (tertiary/aromatic N) is 2. The highest BCUT2D eigenvalue weighted by molar-refractivity contribution is 8.00. The van der Waals surface area contributed by atoms with Crippen LogP contribution in [0.2, 0.25) is 0 Å². The van der Waals surface area contributed by atoms with Crippen LogP contribution in [-0.2, 0) is 28.9 Å². The predicted molar refractivity (Wildman–Crippen MR) is 154 cm³/mol. The Morgan fingerprint density at radius 3 is 2.71 bits per heavy atom. The maximum atomic E-state index is 13.8. The maximum absolute atomic E-state index is 13.8. The van der Waals surface area contributed by atoms with Crippen LogP contribution < -0.4 is 15.6 Å². The van der Waals surface area contributed by atoms with E-state index in [0.29, 0.717) is 29.7 Å². The first kappa shape index (κ1) is 26.5. The number of carbonyl (C=O) groups is 1. The monoisotopic (exact) mass is 549 g/mol. The lowest BCUT2D eigenvalue weighted by Crippen LogP contribution is -2.27. The van der Waals surface area contributed by atoms with Gasteiger partial charge in [-0.05, 0) is 61.4 Å². The minimum Gasteiger partial charge on any atom is -0.495 e. The Balaban J connectivity index is 1.58. The summed E-state index contributed by atoms with van der Waals surface area (Å²) in [5.41, 5.74) is 3.53. The Kier molecular flexibility index (Phi) is 8.16. The molecule has 0 fully saturated rings. The first-order valence-corrected chi connectivity index (χ1v) is 14.4. The van der Waals surface area contributed by atoms with Gasteiger partial charge in [0.2, 0.25) is 5.91 Å². The van der Waals surface area contributed by atoms with Gasteiger partial charge in [-0.3, -0.25) is 14.2 Å². The van der Waals surface area contributed by atoms with Crippen LogP contribution in [0.3, 0.4) is 0 Å². The highest BCUT2D eigenvalue weighted by Gasteiger charge is 2.28. The van der Waals surface area contributed by atoms with Gasteiger partial charge < -0.3 is 14.8 Å². The number of benzene rings is 2. The van der Waals surface area contributed by atoms with Gasteiger partial charge in [0.1, 0.15) is 15.8 Å². The number of ether oxygens (including phenoxy) is 2. The molecule has 7 nitrogen and oxygen atoms in total. The number of nitrogens with one attached hydrogen (secondary N) is 1. The van der Waals surface area contributed by atoms with Crippen molar-refractivity contribution in [1.82, 2.24) is 9.55 Å². The molecule has 0 radical (unpaired) electrons. The molecule has 5 rings (SSSR count). The van der Waals surface area contributed by atoms with E-state index in [1.165, 1.54) is 16.6 Å². The molecule has 2 heterocycles. The number of hydrogen-bond donors (Lipinski definition) is 1. The fraction of sp³-hybridized carbons (Fsp3) is 0.345. The fourth-order valence-electron chi connectivity index (χ4n) is 4.81. The molecule has 38 heavy (non-hydrogen) atoms. The van der Waals surface area contributed by atoms with E-state index >= 15 is 0 Å². The summed E-state index contributed by atoms with van der Waals surface area (Å²) in [6.45, 7) is 2.70. The lowest BCUT2D eigenvalue weighted by molar-refractivity contribution is -0.115. The number of aryl methyl sites for hydroxylation is 3. The van der Waals surface area contributed by atoms with Crippen molar-refractivity contribution in [2.75, 3.05) is 26.1 Å².